The molecule has 0 aliphatic carbocycles. The summed E-state index contributed by atoms with van der Waals surface area (Å²) in [5, 5.41) is 34.4. The predicted octanol–water partition coefficient (Wildman–Crippen LogP) is -0.667. The summed E-state index contributed by atoms with van der Waals surface area (Å²) in [5.74, 6) is -5.37. The quantitative estimate of drug-likeness (QED) is 0.0609. The molecule has 16 nitrogen and oxygen atoms in total. The Morgan fingerprint density at radius 3 is 1.78 bits per heavy atom. The van der Waals surface area contributed by atoms with Gasteiger partial charge < -0.3 is 47.8 Å². The number of aliphatic hydroxyl groups excluding tert-OH is 1. The Kier molecular flexibility index (Phi) is 20.1. The number of hydrogen-bond donors (Lipinski definition) is 9. The normalized spacial score (nSPS) is 14.2. The van der Waals surface area contributed by atoms with Gasteiger partial charge in [-0.25, -0.2) is 0 Å². The summed E-state index contributed by atoms with van der Waals surface area (Å²) < 4.78 is 0. The molecule has 0 aliphatic rings. The lowest BCUT2D eigenvalue weighted by atomic mass is 10.00. The molecule has 1 aromatic rings. The lowest BCUT2D eigenvalue weighted by Crippen LogP contribution is -2.59. The number of carboxylic acids is 1. The second kappa shape index (κ2) is 23.0. The van der Waals surface area contributed by atoms with Crippen molar-refractivity contribution in [2.24, 2.45) is 23.5 Å². The van der Waals surface area contributed by atoms with Crippen LogP contribution < -0.4 is 37.6 Å². The van der Waals surface area contributed by atoms with E-state index in [0.29, 0.717) is 12.0 Å². The van der Waals surface area contributed by atoms with Crippen LogP contribution in [-0.2, 0) is 40.0 Å². The molecule has 5 atom stereocenters. The van der Waals surface area contributed by atoms with Gasteiger partial charge in [-0.15, -0.1) is 0 Å². The molecule has 0 bridgehead atoms. The number of amides is 6. The van der Waals surface area contributed by atoms with Gasteiger partial charge >= 0.3 is 5.97 Å². The van der Waals surface area contributed by atoms with E-state index in [1.54, 1.807) is 44.2 Å². The highest BCUT2D eigenvalue weighted by atomic mass is 16.4. The minimum atomic E-state index is -1.16. The predicted molar refractivity (Wildman–Crippen MR) is 190 cm³/mol. The van der Waals surface area contributed by atoms with Crippen LogP contribution in [0, 0.1) is 17.8 Å². The highest BCUT2D eigenvalue weighted by molar-refractivity contribution is 5.95. The molecule has 1 aromatic carbocycles. The third-order valence-electron chi connectivity index (χ3n) is 7.77. The van der Waals surface area contributed by atoms with E-state index in [1.165, 1.54) is 0 Å². The van der Waals surface area contributed by atoms with Gasteiger partial charge in [-0.1, -0.05) is 71.9 Å². The Balaban J connectivity index is 3.01. The fraction of sp³-hybridized carbons (Fsp3) is 0.629. The van der Waals surface area contributed by atoms with Crippen LogP contribution in [0.4, 0.5) is 0 Å². The van der Waals surface area contributed by atoms with Gasteiger partial charge in [-0.3, -0.25) is 33.6 Å². The molecule has 0 spiro atoms. The molecule has 0 heterocycles. The number of primary amides is 1. The maximum Gasteiger partial charge on any atom is 0.303 e. The van der Waals surface area contributed by atoms with E-state index < -0.39 is 90.7 Å². The van der Waals surface area contributed by atoms with E-state index in [1.807, 2.05) is 27.7 Å². The van der Waals surface area contributed by atoms with Crippen LogP contribution in [0.1, 0.15) is 72.8 Å². The van der Waals surface area contributed by atoms with Crippen molar-refractivity contribution in [2.45, 2.75) is 104 Å². The van der Waals surface area contributed by atoms with Gasteiger partial charge in [0.05, 0.1) is 13.2 Å². The van der Waals surface area contributed by atoms with Crippen LogP contribution in [0.5, 0.6) is 0 Å². The molecule has 16 heteroatoms. The highest BCUT2D eigenvalue weighted by Crippen LogP contribution is 2.10. The number of carbonyl (C=O) groups excluding carboxylic acids is 6. The number of nitrogens with one attached hydrogen (secondary N) is 6. The Morgan fingerprint density at radius 2 is 1.25 bits per heavy atom. The molecular formula is C35H57N7O9. The number of hydrogen-bond acceptors (Lipinski definition) is 9. The molecule has 286 valence electrons. The summed E-state index contributed by atoms with van der Waals surface area (Å²) >= 11 is 0. The summed E-state index contributed by atoms with van der Waals surface area (Å²) in [4.78, 5) is 88.6. The summed E-state index contributed by atoms with van der Waals surface area (Å²) in [6.07, 6.45) is 0.723. The Hall–Kier alpha value is -4.57. The molecule has 6 amide bonds. The van der Waals surface area contributed by atoms with Gasteiger partial charge in [0.25, 0.3) is 0 Å². The highest BCUT2D eigenvalue weighted by Gasteiger charge is 2.31. The van der Waals surface area contributed by atoms with Crippen molar-refractivity contribution in [2.75, 3.05) is 19.7 Å². The van der Waals surface area contributed by atoms with Gasteiger partial charge in [0.1, 0.15) is 30.2 Å². The zero-order valence-electron chi connectivity index (χ0n) is 30.5. The number of aliphatic hydroxyl groups is 1. The number of rotatable bonds is 24. The molecule has 10 N–H and O–H groups in total. The molecule has 0 radical (unpaired) electrons. The Labute approximate surface area is 299 Å². The Morgan fingerprint density at radius 1 is 0.706 bits per heavy atom. The van der Waals surface area contributed by atoms with E-state index in [4.69, 9.17) is 10.8 Å². The molecule has 0 fully saturated rings. The number of carboxylic acid groups (broad SMARTS) is 1. The zero-order chi connectivity index (χ0) is 38.7. The lowest BCUT2D eigenvalue weighted by molar-refractivity contribution is -0.137. The maximum atomic E-state index is 13.6. The number of carbonyl (C=O) groups is 7. The van der Waals surface area contributed by atoms with E-state index in [0.717, 1.165) is 0 Å². The minimum absolute atomic E-state index is 0.00185. The van der Waals surface area contributed by atoms with Crippen molar-refractivity contribution in [1.82, 2.24) is 31.9 Å². The molecule has 0 aromatic heterocycles. The van der Waals surface area contributed by atoms with Gasteiger partial charge in [0.2, 0.25) is 35.4 Å². The SMILES string of the molecule is CC(C)C[C@H](NC(=O)[C@H](CC(C)C)NC(=O)CNC(=O)[C@@H](NC(=O)[C@H](Cc1ccccc1)NC(=O)[C@H](CO)NCCCC(=O)O)C(C)C)C(N)=O. The zero-order valence-corrected chi connectivity index (χ0v) is 30.5. The first-order chi connectivity index (χ1) is 23.9. The van der Waals surface area contributed by atoms with Gasteiger partial charge in [0, 0.05) is 12.8 Å². The monoisotopic (exact) mass is 719 g/mol. The van der Waals surface area contributed by atoms with Crippen molar-refractivity contribution in [1.29, 1.82) is 0 Å². The van der Waals surface area contributed by atoms with Crippen LogP contribution >= 0.6 is 0 Å². The van der Waals surface area contributed by atoms with Gasteiger partial charge in [-0.2, -0.15) is 0 Å². The molecule has 51 heavy (non-hydrogen) atoms. The topological polar surface area (TPSA) is 258 Å². The maximum absolute atomic E-state index is 13.6. The molecule has 0 aliphatic heterocycles. The molecule has 0 saturated heterocycles. The average molecular weight is 720 g/mol. The fourth-order valence-electron chi connectivity index (χ4n) is 5.09. The van der Waals surface area contributed by atoms with Crippen LogP contribution in [0.3, 0.4) is 0 Å². The van der Waals surface area contributed by atoms with E-state index in [2.05, 4.69) is 31.9 Å². The molecule has 1 rings (SSSR count). The number of aliphatic carboxylic acids is 1. The standard InChI is InChI=1S/C35H57N7O9/c1-20(2)15-24(31(36)47)40-32(48)25(16-21(3)4)39-28(44)18-38-35(51)30(22(5)6)42-33(49)26(17-23-11-8-7-9-12-23)41-34(50)27(19-43)37-14-10-13-29(45)46/h7-9,11-12,20-22,24-27,30,37,43H,10,13-19H2,1-6H3,(H2,36,47)(H,38,51)(H,39,44)(H,40,48)(H,41,50)(H,42,49)(H,45,46)/t24-,25-,26-,27-,30-/m0/s1. The van der Waals surface area contributed by atoms with Crippen molar-refractivity contribution < 1.29 is 43.8 Å². The second-order valence-corrected chi connectivity index (χ2v) is 13.7. The summed E-state index contributed by atoms with van der Waals surface area (Å²) in [6, 6.07) is 3.52. The first-order valence-electron chi connectivity index (χ1n) is 17.3. The first-order valence-corrected chi connectivity index (χ1v) is 17.3. The van der Waals surface area contributed by atoms with Gasteiger partial charge in [-0.05, 0) is 49.1 Å². The molecule has 0 saturated carbocycles. The van der Waals surface area contributed by atoms with Crippen molar-refractivity contribution >= 4 is 41.4 Å². The fourth-order valence-corrected chi connectivity index (χ4v) is 5.09. The van der Waals surface area contributed by atoms with E-state index >= 15 is 0 Å². The third kappa shape index (κ3) is 17.8. The van der Waals surface area contributed by atoms with E-state index in [-0.39, 0.29) is 44.1 Å². The number of benzene rings is 1. The third-order valence-corrected chi connectivity index (χ3v) is 7.77. The van der Waals surface area contributed by atoms with E-state index in [9.17, 15) is 38.7 Å². The largest absolute Gasteiger partial charge is 0.481 e. The average Bonchev–Trinajstić information content (AvgIpc) is 3.04. The summed E-state index contributed by atoms with van der Waals surface area (Å²) in [6.45, 7) is 9.87. The lowest BCUT2D eigenvalue weighted by Gasteiger charge is -2.27. The van der Waals surface area contributed by atoms with Gasteiger partial charge in [0.15, 0.2) is 0 Å². The van der Waals surface area contributed by atoms with Crippen LogP contribution in [0.2, 0.25) is 0 Å². The second-order valence-electron chi connectivity index (χ2n) is 13.7. The smallest absolute Gasteiger partial charge is 0.303 e. The Bertz CT molecular complexity index is 1310. The van der Waals surface area contributed by atoms with Crippen LogP contribution in [-0.4, -0.2) is 102 Å². The van der Waals surface area contributed by atoms with Crippen LogP contribution in [0.25, 0.3) is 0 Å². The van der Waals surface area contributed by atoms with Crippen LogP contribution in [0.15, 0.2) is 30.3 Å². The molecule has 0 unspecified atom stereocenters. The minimum Gasteiger partial charge on any atom is -0.481 e. The summed E-state index contributed by atoms with van der Waals surface area (Å²) in [5.41, 5.74) is 6.18. The first kappa shape index (κ1) is 44.5. The van der Waals surface area contributed by atoms with Crippen molar-refractivity contribution in [3.63, 3.8) is 0 Å². The van der Waals surface area contributed by atoms with Crippen molar-refractivity contribution in [3.8, 4) is 0 Å². The van der Waals surface area contributed by atoms with Crippen molar-refractivity contribution in [3.05, 3.63) is 35.9 Å². The molecular weight excluding hydrogens is 662 g/mol. The number of nitrogens with two attached hydrogens (primary N) is 1. The summed E-state index contributed by atoms with van der Waals surface area (Å²) in [7, 11) is 0.